The molecule has 0 amide bonds. The third-order valence-corrected chi connectivity index (χ3v) is 0.848. The Hall–Kier alpha value is 0.200. The molecule has 0 bridgehead atoms. The highest BCUT2D eigenvalue weighted by molar-refractivity contribution is 14.1. The zero-order chi connectivity index (χ0) is 4.99. The van der Waals surface area contributed by atoms with E-state index in [2.05, 4.69) is 0 Å². The van der Waals surface area contributed by atoms with E-state index in [0.717, 1.165) is 0 Å². The molecular weight excluding hydrogens is 196 g/mol. The van der Waals surface area contributed by atoms with E-state index in [-0.39, 0.29) is 6.42 Å². The Balaban J connectivity index is 2.83. The van der Waals surface area contributed by atoms with Gasteiger partial charge in [0, 0.05) is 4.43 Å². The first-order valence-electron chi connectivity index (χ1n) is 1.55. The molecule has 1 N–H and O–H groups in total. The number of carboxylic acids is 1. The molecule has 0 aliphatic rings. The molecule has 0 fully saturated rings. The molecule has 0 radical (unpaired) electrons. The van der Waals surface area contributed by atoms with Crippen molar-refractivity contribution in [2.45, 2.75) is 6.42 Å². The molecule has 3 heteroatoms. The number of alkyl halides is 1. The monoisotopic (exact) mass is 201 g/mol. The average Bonchev–Trinajstić information content (AvgIpc) is 1.35. The van der Waals surface area contributed by atoms with Crippen LogP contribution in [-0.4, -0.2) is 15.5 Å². The molecule has 0 heterocycles. The minimum absolute atomic E-state index is 0.278. The van der Waals surface area contributed by atoms with Gasteiger partial charge in [-0.25, -0.2) is 0 Å². The first-order chi connectivity index (χ1) is 2.77. The summed E-state index contributed by atoms with van der Waals surface area (Å²) in [7, 11) is 0. The summed E-state index contributed by atoms with van der Waals surface area (Å²) >= 11 is 2.02. The van der Waals surface area contributed by atoms with Crippen molar-refractivity contribution in [2.75, 3.05) is 4.43 Å². The van der Waals surface area contributed by atoms with Gasteiger partial charge in [0.2, 0.25) is 0 Å². The Labute approximate surface area is 49.7 Å². The van der Waals surface area contributed by atoms with Gasteiger partial charge in [-0.05, 0) is 0 Å². The lowest BCUT2D eigenvalue weighted by Gasteiger charge is -1.78. The van der Waals surface area contributed by atoms with Gasteiger partial charge in [-0.3, -0.25) is 4.79 Å². The average molecular weight is 201 g/mol. The second-order valence-corrected chi connectivity index (χ2v) is 1.91. The zero-order valence-electron chi connectivity index (χ0n) is 3.15. The molecule has 0 atom stereocenters. The smallest absolute Gasteiger partial charge is 0.304 e. The zero-order valence-corrected chi connectivity index (χ0v) is 5.31. The lowest BCUT2D eigenvalue weighted by atomic mass is 10.7. The minimum atomic E-state index is -0.718. The minimum Gasteiger partial charge on any atom is -0.481 e. The predicted molar refractivity (Wildman–Crippen MR) is 31.1 cm³/mol. The van der Waals surface area contributed by atoms with Crippen LogP contribution in [0.3, 0.4) is 0 Å². The van der Waals surface area contributed by atoms with Crippen molar-refractivity contribution < 1.29 is 9.90 Å². The van der Waals surface area contributed by atoms with Gasteiger partial charge >= 0.3 is 5.97 Å². The summed E-state index contributed by atoms with van der Waals surface area (Å²) < 4.78 is 0.701. The number of hydrogen-bond acceptors (Lipinski definition) is 1. The van der Waals surface area contributed by atoms with E-state index < -0.39 is 5.97 Å². The van der Waals surface area contributed by atoms with E-state index >= 15 is 0 Å². The number of carboxylic acid groups (broad SMARTS) is 1. The number of aliphatic carboxylic acids is 1. The third kappa shape index (κ3) is 4.20. The van der Waals surface area contributed by atoms with Crippen LogP contribution in [0.1, 0.15) is 6.42 Å². The fourth-order valence-corrected chi connectivity index (χ4v) is 0.542. The lowest BCUT2D eigenvalue weighted by Crippen LogP contribution is -1.92. The largest absolute Gasteiger partial charge is 0.481 e. The van der Waals surface area contributed by atoms with Crippen LogP contribution < -0.4 is 0 Å². The van der Waals surface area contributed by atoms with E-state index in [4.69, 9.17) is 5.11 Å². The fraction of sp³-hybridized carbons (Fsp3) is 0.667. The van der Waals surface area contributed by atoms with Crippen LogP contribution in [0.2, 0.25) is 0 Å². The van der Waals surface area contributed by atoms with Gasteiger partial charge < -0.3 is 5.11 Å². The van der Waals surface area contributed by atoms with Gasteiger partial charge in [-0.1, -0.05) is 22.6 Å². The van der Waals surface area contributed by atoms with Gasteiger partial charge in [-0.15, -0.1) is 0 Å². The summed E-state index contributed by atoms with van der Waals surface area (Å²) in [5, 5.41) is 7.91. The topological polar surface area (TPSA) is 37.3 Å². The maximum atomic E-state index is 9.59. The summed E-state index contributed by atoms with van der Waals surface area (Å²) in [4.78, 5) is 9.59. The quantitative estimate of drug-likeness (QED) is 0.409. The molecular formula is C3H5IO2. The molecule has 0 unspecified atom stereocenters. The normalized spacial score (nSPS) is 8.17. The summed E-state index contributed by atoms with van der Waals surface area (Å²) in [6.45, 7) is 0. The van der Waals surface area contributed by atoms with Crippen LogP contribution in [-0.2, 0) is 4.79 Å². The Morgan fingerprint density at radius 1 is 1.83 bits per heavy atom. The number of rotatable bonds is 2. The fourth-order valence-electron chi connectivity index (χ4n) is 0.0808. The molecule has 0 aromatic rings. The van der Waals surface area contributed by atoms with Crippen molar-refractivity contribution in [1.29, 1.82) is 0 Å². The van der Waals surface area contributed by atoms with Gasteiger partial charge in [-0.2, -0.15) is 0 Å². The van der Waals surface area contributed by atoms with E-state index in [1.54, 1.807) is 0 Å². The van der Waals surface area contributed by atoms with E-state index in [0.29, 0.717) is 4.43 Å². The molecule has 0 aliphatic heterocycles. The first kappa shape index (κ1) is 6.20. The van der Waals surface area contributed by atoms with Gasteiger partial charge in [0.05, 0.1) is 6.42 Å². The molecule has 2 nitrogen and oxygen atoms in total. The molecule has 6 heavy (non-hydrogen) atoms. The Morgan fingerprint density at radius 2 is 2.33 bits per heavy atom. The first-order valence-corrected chi connectivity index (χ1v) is 3.07. The third-order valence-electron chi connectivity index (χ3n) is 0.308. The SMILES string of the molecule is O=[13C](O)CCI. The van der Waals surface area contributed by atoms with Crippen molar-refractivity contribution in [3.05, 3.63) is 0 Å². The summed E-state index contributed by atoms with van der Waals surface area (Å²) in [5.74, 6) is -0.718. The molecule has 0 spiro atoms. The number of hydrogen-bond donors (Lipinski definition) is 1. The van der Waals surface area contributed by atoms with E-state index in [1.165, 1.54) is 0 Å². The molecule has 0 saturated carbocycles. The second kappa shape index (κ2) is 3.39. The Bertz CT molecular complexity index is 52.8. The van der Waals surface area contributed by atoms with Crippen LogP contribution in [0.4, 0.5) is 0 Å². The summed E-state index contributed by atoms with van der Waals surface area (Å²) in [6, 6.07) is 0. The van der Waals surface area contributed by atoms with Crippen LogP contribution in [0, 0.1) is 0 Å². The highest BCUT2D eigenvalue weighted by atomic mass is 127. The van der Waals surface area contributed by atoms with Gasteiger partial charge in [0.1, 0.15) is 0 Å². The maximum absolute atomic E-state index is 9.59. The van der Waals surface area contributed by atoms with Crippen molar-refractivity contribution in [1.82, 2.24) is 0 Å². The van der Waals surface area contributed by atoms with Crippen molar-refractivity contribution in [2.24, 2.45) is 0 Å². The lowest BCUT2D eigenvalue weighted by molar-refractivity contribution is -0.136. The highest BCUT2D eigenvalue weighted by Gasteiger charge is 1.88. The van der Waals surface area contributed by atoms with Crippen LogP contribution in [0.5, 0.6) is 0 Å². The highest BCUT2D eigenvalue weighted by Crippen LogP contribution is 1.85. The second-order valence-electron chi connectivity index (χ2n) is 0.833. The van der Waals surface area contributed by atoms with E-state index in [1.807, 2.05) is 22.6 Å². The van der Waals surface area contributed by atoms with Crippen molar-refractivity contribution >= 4 is 28.6 Å². The molecule has 0 saturated heterocycles. The molecule has 0 aliphatic carbocycles. The molecule has 36 valence electrons. The standard InChI is InChI=1S/C3H5IO2/c4-2-1-3(5)6/h1-2H2,(H,5,6)/i3+1. The molecule has 0 aromatic heterocycles. The van der Waals surface area contributed by atoms with Crippen LogP contribution >= 0.6 is 22.6 Å². The van der Waals surface area contributed by atoms with Gasteiger partial charge in [0.15, 0.2) is 0 Å². The maximum Gasteiger partial charge on any atom is 0.304 e. The number of halogens is 1. The Kier molecular flexibility index (Phi) is 3.51. The summed E-state index contributed by atoms with van der Waals surface area (Å²) in [6.07, 6.45) is 0.278. The van der Waals surface area contributed by atoms with Gasteiger partial charge in [0.25, 0.3) is 0 Å². The van der Waals surface area contributed by atoms with Crippen molar-refractivity contribution in [3.63, 3.8) is 0 Å². The molecule has 0 rings (SSSR count). The van der Waals surface area contributed by atoms with Crippen LogP contribution in [0.25, 0.3) is 0 Å². The van der Waals surface area contributed by atoms with Crippen LogP contribution in [0.15, 0.2) is 0 Å². The molecule has 0 aromatic carbocycles. The summed E-state index contributed by atoms with van der Waals surface area (Å²) in [5.41, 5.74) is 0. The van der Waals surface area contributed by atoms with E-state index in [9.17, 15) is 4.79 Å². The predicted octanol–water partition coefficient (Wildman–Crippen LogP) is 0.896. The Morgan fingerprint density at radius 3 is 2.33 bits per heavy atom. The van der Waals surface area contributed by atoms with Crippen molar-refractivity contribution in [3.8, 4) is 0 Å². The number of carbonyl (C=O) groups is 1.